The number of nitrogens with zero attached hydrogens (tertiary/aromatic N) is 2. The molecule has 1 fully saturated rings. The van der Waals surface area contributed by atoms with Crippen LogP contribution in [-0.2, 0) is 15.7 Å². The molecule has 1 N–H and O–H groups in total. The van der Waals surface area contributed by atoms with Crippen molar-refractivity contribution >= 4 is 29.3 Å². The molecule has 0 unspecified atom stereocenters. The Morgan fingerprint density at radius 2 is 1.64 bits per heavy atom. The second kappa shape index (κ2) is 7.19. The van der Waals surface area contributed by atoms with Gasteiger partial charge in [0.05, 0.1) is 16.7 Å². The minimum absolute atomic E-state index is 0.365. The lowest BCUT2D eigenvalue weighted by atomic mass is 9.78. The largest absolute Gasteiger partial charge is 0.494 e. The summed E-state index contributed by atoms with van der Waals surface area (Å²) in [6.07, 6.45) is 2.53. The Morgan fingerprint density at radius 1 is 0.929 bits per heavy atom. The molecule has 1 saturated heterocycles. The van der Waals surface area contributed by atoms with E-state index in [-0.39, 0.29) is 11.2 Å². The summed E-state index contributed by atoms with van der Waals surface area (Å²) in [6.45, 7) is 9.06. The van der Waals surface area contributed by atoms with Gasteiger partial charge >= 0.3 is 7.12 Å². The number of rotatable bonds is 5. The van der Waals surface area contributed by atoms with Crippen LogP contribution >= 0.6 is 0 Å². The van der Waals surface area contributed by atoms with Crippen LogP contribution in [0.4, 0.5) is 5.82 Å². The normalized spacial score (nSPS) is 17.8. The fourth-order valence-corrected chi connectivity index (χ4v) is 3.31. The van der Waals surface area contributed by atoms with Crippen molar-refractivity contribution in [1.82, 2.24) is 9.97 Å². The van der Waals surface area contributed by atoms with Gasteiger partial charge in [-0.1, -0.05) is 36.4 Å². The minimum atomic E-state index is -0.397. The van der Waals surface area contributed by atoms with E-state index in [1.807, 2.05) is 18.2 Å². The van der Waals surface area contributed by atoms with E-state index >= 15 is 0 Å². The predicted octanol–water partition coefficient (Wildman–Crippen LogP) is 3.58. The summed E-state index contributed by atoms with van der Waals surface area (Å²) in [5.74, 6) is 0.833. The second-order valence-corrected chi connectivity index (χ2v) is 8.25. The van der Waals surface area contributed by atoms with Gasteiger partial charge in [0.15, 0.2) is 0 Å². The Labute approximate surface area is 166 Å². The SMILES string of the molecule is CC1(C)OB(c2ccc3ncnc(NCCc4ccccc4)c3c2)OC1(C)C. The second-order valence-electron chi connectivity index (χ2n) is 8.25. The Morgan fingerprint density at radius 3 is 2.36 bits per heavy atom. The number of benzene rings is 2. The van der Waals surface area contributed by atoms with Gasteiger partial charge in [-0.25, -0.2) is 9.97 Å². The van der Waals surface area contributed by atoms with Gasteiger partial charge in [0.2, 0.25) is 0 Å². The number of hydrogen-bond donors (Lipinski definition) is 1. The fourth-order valence-electron chi connectivity index (χ4n) is 3.31. The quantitative estimate of drug-likeness (QED) is 0.691. The molecule has 0 atom stereocenters. The number of fused-ring (bicyclic) bond motifs is 1. The minimum Gasteiger partial charge on any atom is -0.399 e. The molecule has 1 aliphatic rings. The summed E-state index contributed by atoms with van der Waals surface area (Å²) in [5, 5.41) is 4.43. The van der Waals surface area contributed by atoms with Crippen LogP contribution < -0.4 is 10.8 Å². The molecule has 6 heteroatoms. The first-order chi connectivity index (χ1) is 13.4. The number of nitrogens with one attached hydrogen (secondary N) is 1. The molecule has 4 rings (SSSR count). The Bertz CT molecular complexity index is 960. The molecule has 0 radical (unpaired) electrons. The molecule has 2 aromatic carbocycles. The molecule has 0 saturated carbocycles. The van der Waals surface area contributed by atoms with Crippen LogP contribution in [-0.4, -0.2) is 34.8 Å². The Kier molecular flexibility index (Phi) is 4.85. The lowest BCUT2D eigenvalue weighted by Crippen LogP contribution is -2.41. The van der Waals surface area contributed by atoms with Crippen molar-refractivity contribution in [1.29, 1.82) is 0 Å². The van der Waals surface area contributed by atoms with Crippen molar-refractivity contribution < 1.29 is 9.31 Å². The molecule has 28 heavy (non-hydrogen) atoms. The lowest BCUT2D eigenvalue weighted by Gasteiger charge is -2.32. The van der Waals surface area contributed by atoms with Crippen LogP contribution in [0.1, 0.15) is 33.3 Å². The highest BCUT2D eigenvalue weighted by Crippen LogP contribution is 2.36. The zero-order valence-corrected chi connectivity index (χ0v) is 16.9. The average Bonchev–Trinajstić information content (AvgIpc) is 2.90. The third-order valence-electron chi connectivity index (χ3n) is 5.73. The van der Waals surface area contributed by atoms with Crippen molar-refractivity contribution in [3.63, 3.8) is 0 Å². The summed E-state index contributed by atoms with van der Waals surface area (Å²) in [5.41, 5.74) is 2.45. The molecule has 0 spiro atoms. The van der Waals surface area contributed by atoms with Gasteiger partial charge in [0, 0.05) is 11.9 Å². The van der Waals surface area contributed by atoms with Gasteiger partial charge in [-0.15, -0.1) is 0 Å². The van der Waals surface area contributed by atoms with Gasteiger partial charge in [-0.2, -0.15) is 0 Å². The number of hydrogen-bond acceptors (Lipinski definition) is 5. The van der Waals surface area contributed by atoms with Crippen LogP contribution in [0.3, 0.4) is 0 Å². The van der Waals surface area contributed by atoms with Crippen molar-refractivity contribution in [2.45, 2.75) is 45.3 Å². The zero-order valence-electron chi connectivity index (χ0n) is 16.9. The van der Waals surface area contributed by atoms with E-state index in [0.29, 0.717) is 0 Å². The molecule has 0 amide bonds. The highest BCUT2D eigenvalue weighted by Gasteiger charge is 2.51. The first-order valence-corrected chi connectivity index (χ1v) is 9.74. The molecule has 0 bridgehead atoms. The molecule has 144 valence electrons. The third kappa shape index (κ3) is 3.62. The Balaban J connectivity index is 1.56. The van der Waals surface area contributed by atoms with Gasteiger partial charge in [0.25, 0.3) is 0 Å². The number of aromatic nitrogens is 2. The summed E-state index contributed by atoms with van der Waals surface area (Å²) in [6, 6.07) is 16.5. The van der Waals surface area contributed by atoms with Crippen LogP contribution in [0.2, 0.25) is 0 Å². The van der Waals surface area contributed by atoms with Crippen molar-refractivity contribution in [3.8, 4) is 0 Å². The van der Waals surface area contributed by atoms with E-state index in [0.717, 1.165) is 35.1 Å². The van der Waals surface area contributed by atoms with Crippen LogP contribution in [0.5, 0.6) is 0 Å². The van der Waals surface area contributed by atoms with Crippen LogP contribution in [0, 0.1) is 0 Å². The molecule has 5 nitrogen and oxygen atoms in total. The molecule has 3 aromatic rings. The van der Waals surface area contributed by atoms with Crippen LogP contribution in [0.15, 0.2) is 54.9 Å². The molecule has 1 aliphatic heterocycles. The lowest BCUT2D eigenvalue weighted by molar-refractivity contribution is 0.00578. The van der Waals surface area contributed by atoms with Crippen molar-refractivity contribution in [2.24, 2.45) is 0 Å². The van der Waals surface area contributed by atoms with Gasteiger partial charge in [-0.05, 0) is 57.3 Å². The van der Waals surface area contributed by atoms with E-state index in [4.69, 9.17) is 9.31 Å². The maximum atomic E-state index is 6.19. The first kappa shape index (κ1) is 18.9. The van der Waals surface area contributed by atoms with Gasteiger partial charge in [-0.3, -0.25) is 0 Å². The summed E-state index contributed by atoms with van der Waals surface area (Å²) >= 11 is 0. The van der Waals surface area contributed by atoms with Crippen LogP contribution in [0.25, 0.3) is 10.9 Å². The highest BCUT2D eigenvalue weighted by molar-refractivity contribution is 6.62. The molecule has 2 heterocycles. The maximum Gasteiger partial charge on any atom is 0.494 e. The van der Waals surface area contributed by atoms with E-state index in [2.05, 4.69) is 73.3 Å². The third-order valence-corrected chi connectivity index (χ3v) is 5.73. The molecular formula is C22H26BN3O2. The smallest absolute Gasteiger partial charge is 0.399 e. The highest BCUT2D eigenvalue weighted by atomic mass is 16.7. The molecular weight excluding hydrogens is 349 g/mol. The van der Waals surface area contributed by atoms with Gasteiger partial charge in [0.1, 0.15) is 12.1 Å². The predicted molar refractivity (Wildman–Crippen MR) is 114 cm³/mol. The van der Waals surface area contributed by atoms with Crippen molar-refractivity contribution in [2.75, 3.05) is 11.9 Å². The van der Waals surface area contributed by atoms with E-state index in [1.165, 1.54) is 5.56 Å². The number of anilines is 1. The van der Waals surface area contributed by atoms with Gasteiger partial charge < -0.3 is 14.6 Å². The first-order valence-electron chi connectivity index (χ1n) is 9.74. The standard InChI is InChI=1S/C22H26BN3O2/c1-21(2)22(3,4)28-23(27-21)17-10-11-19-18(14-17)20(26-15-25-19)24-13-12-16-8-6-5-7-9-16/h5-11,14-15H,12-13H2,1-4H3,(H,24,25,26). The Hall–Kier alpha value is -2.44. The zero-order chi connectivity index (χ0) is 19.8. The van der Waals surface area contributed by atoms with Crippen molar-refractivity contribution in [3.05, 3.63) is 60.4 Å². The fraction of sp³-hybridized carbons (Fsp3) is 0.364. The average molecular weight is 375 g/mol. The maximum absolute atomic E-state index is 6.19. The topological polar surface area (TPSA) is 56.3 Å². The molecule has 1 aromatic heterocycles. The van der Waals surface area contributed by atoms with E-state index in [1.54, 1.807) is 6.33 Å². The summed E-state index contributed by atoms with van der Waals surface area (Å²) in [4.78, 5) is 8.86. The van der Waals surface area contributed by atoms with E-state index in [9.17, 15) is 0 Å². The molecule has 0 aliphatic carbocycles. The summed E-state index contributed by atoms with van der Waals surface area (Å²) in [7, 11) is -0.397. The van der Waals surface area contributed by atoms with E-state index < -0.39 is 7.12 Å². The monoisotopic (exact) mass is 375 g/mol. The summed E-state index contributed by atoms with van der Waals surface area (Å²) < 4.78 is 12.4.